The van der Waals surface area contributed by atoms with E-state index in [2.05, 4.69) is 0 Å². The lowest BCUT2D eigenvalue weighted by Gasteiger charge is -2.08. The van der Waals surface area contributed by atoms with Gasteiger partial charge in [-0.05, 0) is 59.5 Å². The van der Waals surface area contributed by atoms with E-state index >= 15 is 0 Å². The van der Waals surface area contributed by atoms with E-state index in [4.69, 9.17) is 4.74 Å². The van der Waals surface area contributed by atoms with Crippen LogP contribution in [0.15, 0.2) is 88.7 Å². The van der Waals surface area contributed by atoms with Crippen LogP contribution in [0, 0.1) is 11.3 Å². The zero-order valence-electron chi connectivity index (χ0n) is 16.2. The van der Waals surface area contributed by atoms with Gasteiger partial charge >= 0.3 is 0 Å². The first kappa shape index (κ1) is 20.4. The van der Waals surface area contributed by atoms with Crippen LogP contribution in [0.2, 0.25) is 0 Å². The number of nitrogens with zero attached hydrogens (tertiary/aromatic N) is 1. The van der Waals surface area contributed by atoms with Crippen molar-refractivity contribution >= 4 is 15.9 Å². The molecule has 29 heavy (non-hydrogen) atoms. The van der Waals surface area contributed by atoms with E-state index in [1.807, 2.05) is 50.2 Å². The molecule has 0 fully saturated rings. The van der Waals surface area contributed by atoms with Crippen molar-refractivity contribution in [1.29, 1.82) is 5.26 Å². The summed E-state index contributed by atoms with van der Waals surface area (Å²) >= 11 is 0. The van der Waals surface area contributed by atoms with Gasteiger partial charge in [-0.25, -0.2) is 8.42 Å². The summed E-state index contributed by atoms with van der Waals surface area (Å²) in [5, 5.41) is 9.50. The summed E-state index contributed by atoms with van der Waals surface area (Å²) in [6.07, 6.45) is 1.36. The van der Waals surface area contributed by atoms with Crippen LogP contribution < -0.4 is 4.74 Å². The third kappa shape index (κ3) is 4.92. The highest BCUT2D eigenvalue weighted by atomic mass is 32.2. The Morgan fingerprint density at radius 3 is 2.21 bits per heavy atom. The second kappa shape index (κ2) is 8.76. The van der Waals surface area contributed by atoms with Gasteiger partial charge in [0.25, 0.3) is 0 Å². The second-order valence-electron chi connectivity index (χ2n) is 6.84. The average molecular weight is 404 g/mol. The first-order chi connectivity index (χ1) is 13.9. The maximum atomic E-state index is 12.9. The molecule has 0 aliphatic rings. The predicted octanol–water partition coefficient (Wildman–Crippen LogP) is 5.94. The Labute approximate surface area is 171 Å². The smallest absolute Gasteiger partial charge is 0.216 e. The first-order valence-electron chi connectivity index (χ1n) is 9.20. The van der Waals surface area contributed by atoms with Crippen LogP contribution in [0.25, 0.3) is 6.08 Å². The standard InChI is InChI=1S/C24H21NO3S/c1-18(2)20-11-13-23(14-12-20)29(26,27)24(17-25)16-19-7-6-10-22(15-19)28-21-8-4-3-5-9-21/h3-16,18H,1-2H3. The second-order valence-corrected chi connectivity index (χ2v) is 8.75. The number of hydrogen-bond acceptors (Lipinski definition) is 4. The molecule has 0 bridgehead atoms. The number of ether oxygens (including phenoxy) is 1. The van der Waals surface area contributed by atoms with Gasteiger partial charge in [-0.3, -0.25) is 0 Å². The molecule has 0 amide bonds. The summed E-state index contributed by atoms with van der Waals surface area (Å²) < 4.78 is 31.6. The van der Waals surface area contributed by atoms with Crippen LogP contribution in [-0.4, -0.2) is 8.42 Å². The predicted molar refractivity (Wildman–Crippen MR) is 114 cm³/mol. The van der Waals surface area contributed by atoms with E-state index in [0.717, 1.165) is 5.56 Å². The zero-order valence-corrected chi connectivity index (χ0v) is 17.1. The minimum atomic E-state index is -3.90. The van der Waals surface area contributed by atoms with E-state index in [9.17, 15) is 13.7 Å². The number of hydrogen-bond donors (Lipinski definition) is 0. The lowest BCUT2D eigenvalue weighted by Crippen LogP contribution is -2.04. The molecule has 3 aromatic carbocycles. The molecule has 0 saturated heterocycles. The van der Waals surface area contributed by atoms with E-state index in [-0.39, 0.29) is 9.80 Å². The van der Waals surface area contributed by atoms with Gasteiger partial charge in [0.15, 0.2) is 0 Å². The molecule has 0 N–H and O–H groups in total. The molecule has 5 heteroatoms. The van der Waals surface area contributed by atoms with Gasteiger partial charge in [0.05, 0.1) is 4.90 Å². The Balaban J connectivity index is 1.91. The quantitative estimate of drug-likeness (QED) is 0.478. The molecule has 0 aliphatic carbocycles. The van der Waals surface area contributed by atoms with Gasteiger partial charge in [0.2, 0.25) is 9.84 Å². The number of nitriles is 1. The topological polar surface area (TPSA) is 67.2 Å². The molecule has 3 rings (SSSR count). The molecule has 146 valence electrons. The maximum absolute atomic E-state index is 12.9. The first-order valence-corrected chi connectivity index (χ1v) is 10.7. The van der Waals surface area contributed by atoms with Crippen molar-refractivity contribution in [2.75, 3.05) is 0 Å². The molecular weight excluding hydrogens is 382 g/mol. The Morgan fingerprint density at radius 1 is 0.931 bits per heavy atom. The molecule has 0 spiro atoms. The van der Waals surface area contributed by atoms with Crippen LogP contribution in [0.4, 0.5) is 0 Å². The van der Waals surface area contributed by atoms with E-state index in [1.165, 1.54) is 6.08 Å². The number of benzene rings is 3. The Kier molecular flexibility index (Phi) is 6.16. The molecule has 4 nitrogen and oxygen atoms in total. The molecule has 0 heterocycles. The summed E-state index contributed by atoms with van der Waals surface area (Å²) in [6, 6.07) is 24.7. The van der Waals surface area contributed by atoms with Crippen molar-refractivity contribution in [3.63, 3.8) is 0 Å². The molecule has 0 atom stereocenters. The summed E-state index contributed by atoms with van der Waals surface area (Å²) in [5.41, 5.74) is 1.61. The Morgan fingerprint density at radius 2 is 1.59 bits per heavy atom. The van der Waals surface area contributed by atoms with E-state index in [1.54, 1.807) is 48.5 Å². The third-order valence-electron chi connectivity index (χ3n) is 4.39. The molecular formula is C24H21NO3S. The Bertz CT molecular complexity index is 1160. The minimum absolute atomic E-state index is 0.103. The summed E-state index contributed by atoms with van der Waals surface area (Å²) in [4.78, 5) is -0.210. The van der Waals surface area contributed by atoms with Crippen LogP contribution in [0.3, 0.4) is 0 Å². The van der Waals surface area contributed by atoms with E-state index < -0.39 is 9.84 Å². The van der Waals surface area contributed by atoms with Gasteiger partial charge in [-0.15, -0.1) is 0 Å². The summed E-state index contributed by atoms with van der Waals surface area (Å²) in [6.45, 7) is 4.07. The van der Waals surface area contributed by atoms with Gasteiger partial charge < -0.3 is 4.74 Å². The van der Waals surface area contributed by atoms with Crippen molar-refractivity contribution in [3.05, 3.63) is 94.9 Å². The fourth-order valence-corrected chi connectivity index (χ4v) is 3.93. The summed E-state index contributed by atoms with van der Waals surface area (Å²) in [7, 11) is -3.90. The number of sulfone groups is 1. The Hall–Kier alpha value is -3.36. The van der Waals surface area contributed by atoms with E-state index in [0.29, 0.717) is 23.0 Å². The van der Waals surface area contributed by atoms with Crippen LogP contribution in [-0.2, 0) is 9.84 Å². The van der Waals surface area contributed by atoms with Gasteiger partial charge in [-0.1, -0.05) is 56.3 Å². The van der Waals surface area contributed by atoms with Crippen molar-refractivity contribution in [2.45, 2.75) is 24.7 Å². The van der Waals surface area contributed by atoms with Crippen LogP contribution in [0.5, 0.6) is 11.5 Å². The monoisotopic (exact) mass is 403 g/mol. The lowest BCUT2D eigenvalue weighted by molar-refractivity contribution is 0.482. The number of allylic oxidation sites excluding steroid dienone is 1. The fourth-order valence-electron chi connectivity index (χ4n) is 2.77. The van der Waals surface area contributed by atoms with Gasteiger partial charge in [0.1, 0.15) is 22.5 Å². The maximum Gasteiger partial charge on any atom is 0.216 e. The van der Waals surface area contributed by atoms with Crippen molar-refractivity contribution < 1.29 is 13.2 Å². The van der Waals surface area contributed by atoms with Crippen molar-refractivity contribution in [1.82, 2.24) is 0 Å². The third-order valence-corrected chi connectivity index (χ3v) is 6.07. The molecule has 0 radical (unpaired) electrons. The van der Waals surface area contributed by atoms with Crippen LogP contribution >= 0.6 is 0 Å². The zero-order chi connectivity index (χ0) is 20.9. The highest BCUT2D eigenvalue weighted by Gasteiger charge is 2.21. The molecule has 0 unspecified atom stereocenters. The van der Waals surface area contributed by atoms with Crippen molar-refractivity contribution in [3.8, 4) is 17.6 Å². The lowest BCUT2D eigenvalue weighted by atomic mass is 10.0. The highest BCUT2D eigenvalue weighted by Crippen LogP contribution is 2.26. The molecule has 0 aliphatic heterocycles. The normalized spacial score (nSPS) is 11.9. The molecule has 3 aromatic rings. The SMILES string of the molecule is CC(C)c1ccc(S(=O)(=O)C(C#N)=Cc2cccc(Oc3ccccc3)c2)cc1. The van der Waals surface area contributed by atoms with Gasteiger partial charge in [0, 0.05) is 0 Å². The average Bonchev–Trinajstić information content (AvgIpc) is 2.73. The van der Waals surface area contributed by atoms with Crippen molar-refractivity contribution in [2.24, 2.45) is 0 Å². The minimum Gasteiger partial charge on any atom is -0.457 e. The van der Waals surface area contributed by atoms with Gasteiger partial charge in [-0.2, -0.15) is 5.26 Å². The highest BCUT2D eigenvalue weighted by molar-refractivity contribution is 7.95. The molecule has 0 saturated carbocycles. The number of rotatable bonds is 6. The largest absolute Gasteiger partial charge is 0.457 e. The summed E-state index contributed by atoms with van der Waals surface area (Å²) in [5.74, 6) is 1.53. The number of para-hydroxylation sites is 1. The van der Waals surface area contributed by atoms with Crippen LogP contribution in [0.1, 0.15) is 30.9 Å². The molecule has 0 aromatic heterocycles. The fraction of sp³-hybridized carbons (Fsp3) is 0.125.